The summed E-state index contributed by atoms with van der Waals surface area (Å²) in [6.45, 7) is 10.5. The predicted octanol–water partition coefficient (Wildman–Crippen LogP) is 4.81. The molecule has 1 saturated heterocycles. The molecule has 30 heavy (non-hydrogen) atoms. The molecule has 2 heterocycles. The van der Waals surface area contributed by atoms with Crippen molar-refractivity contribution in [1.82, 2.24) is 4.98 Å². The molecule has 1 aliphatic heterocycles. The first kappa shape index (κ1) is 22.1. The number of carbonyl (C=O) groups is 1. The van der Waals surface area contributed by atoms with Gasteiger partial charge in [0.1, 0.15) is 17.6 Å². The standard InChI is InChI=1S/C24H32FN3O2/c1-5-27(6-2)24-23(25)22(11-13-26-24)28-14-12-21(16-28)30-20-9-7-19(8-10-20)17(3)15-18(4)29/h7-11,13,17,21H,5-6,12,14-16H2,1-4H3/t17-,21-/m1/s1. The fourth-order valence-corrected chi connectivity index (χ4v) is 4.07. The van der Waals surface area contributed by atoms with Crippen molar-refractivity contribution in [3.8, 4) is 5.75 Å². The summed E-state index contributed by atoms with van der Waals surface area (Å²) in [7, 11) is 0. The summed E-state index contributed by atoms with van der Waals surface area (Å²) < 4.78 is 21.2. The first-order valence-corrected chi connectivity index (χ1v) is 10.8. The van der Waals surface area contributed by atoms with Crippen LogP contribution in [0.3, 0.4) is 0 Å². The van der Waals surface area contributed by atoms with E-state index >= 15 is 4.39 Å². The molecule has 1 aliphatic rings. The van der Waals surface area contributed by atoms with E-state index in [-0.39, 0.29) is 23.6 Å². The molecule has 3 rings (SSSR count). The lowest BCUT2D eigenvalue weighted by atomic mass is 9.96. The molecule has 0 saturated carbocycles. The highest BCUT2D eigenvalue weighted by molar-refractivity contribution is 5.76. The van der Waals surface area contributed by atoms with Gasteiger partial charge in [-0.15, -0.1) is 0 Å². The topological polar surface area (TPSA) is 45.7 Å². The fourth-order valence-electron chi connectivity index (χ4n) is 4.07. The maximum Gasteiger partial charge on any atom is 0.188 e. The lowest BCUT2D eigenvalue weighted by molar-refractivity contribution is -0.117. The van der Waals surface area contributed by atoms with Gasteiger partial charge in [-0.1, -0.05) is 19.1 Å². The number of halogens is 1. The van der Waals surface area contributed by atoms with Gasteiger partial charge in [0.25, 0.3) is 0 Å². The van der Waals surface area contributed by atoms with Gasteiger partial charge >= 0.3 is 0 Å². The minimum atomic E-state index is -0.259. The van der Waals surface area contributed by atoms with Crippen LogP contribution in [0.4, 0.5) is 15.9 Å². The number of hydrogen-bond acceptors (Lipinski definition) is 5. The van der Waals surface area contributed by atoms with E-state index in [0.29, 0.717) is 24.5 Å². The molecular weight excluding hydrogens is 381 g/mol. The van der Waals surface area contributed by atoms with E-state index in [9.17, 15) is 4.79 Å². The molecule has 2 aromatic rings. The fraction of sp³-hybridized carbons (Fsp3) is 0.500. The SMILES string of the molecule is CCN(CC)c1nccc(N2CC[C@@H](Oc3ccc([C@H](C)CC(C)=O)cc3)C2)c1F. The van der Waals surface area contributed by atoms with Crippen LogP contribution in [0, 0.1) is 5.82 Å². The van der Waals surface area contributed by atoms with Crippen LogP contribution in [0.5, 0.6) is 5.75 Å². The average Bonchev–Trinajstić information content (AvgIpc) is 3.18. The zero-order valence-electron chi connectivity index (χ0n) is 18.4. The van der Waals surface area contributed by atoms with Crippen molar-refractivity contribution in [2.75, 3.05) is 36.0 Å². The number of ketones is 1. The predicted molar refractivity (Wildman–Crippen MR) is 119 cm³/mol. The van der Waals surface area contributed by atoms with Gasteiger partial charge in [0.05, 0.1) is 12.2 Å². The number of benzene rings is 1. The smallest absolute Gasteiger partial charge is 0.188 e. The number of ether oxygens (including phenoxy) is 1. The first-order valence-electron chi connectivity index (χ1n) is 10.8. The van der Waals surface area contributed by atoms with Crippen LogP contribution in [0.2, 0.25) is 0 Å². The van der Waals surface area contributed by atoms with Crippen molar-refractivity contribution >= 4 is 17.3 Å². The van der Waals surface area contributed by atoms with E-state index in [2.05, 4.69) is 11.9 Å². The highest BCUT2D eigenvalue weighted by Gasteiger charge is 2.27. The van der Waals surface area contributed by atoms with Crippen molar-refractivity contribution in [3.05, 3.63) is 47.9 Å². The van der Waals surface area contributed by atoms with Crippen LogP contribution in [0.15, 0.2) is 36.5 Å². The second-order valence-electron chi connectivity index (χ2n) is 7.99. The Balaban J connectivity index is 1.64. The normalized spacial score (nSPS) is 17.1. The highest BCUT2D eigenvalue weighted by atomic mass is 19.1. The molecule has 0 radical (unpaired) electrons. The van der Waals surface area contributed by atoms with E-state index in [4.69, 9.17) is 4.74 Å². The Hall–Kier alpha value is -2.63. The molecule has 1 aromatic heterocycles. The third-order valence-corrected chi connectivity index (χ3v) is 5.74. The molecular formula is C24H32FN3O2. The Morgan fingerprint density at radius 2 is 1.97 bits per heavy atom. The molecule has 0 N–H and O–H groups in total. The average molecular weight is 414 g/mol. The largest absolute Gasteiger partial charge is 0.489 e. The molecule has 5 nitrogen and oxygen atoms in total. The zero-order chi connectivity index (χ0) is 21.7. The Kier molecular flexibility index (Phi) is 7.29. The third-order valence-electron chi connectivity index (χ3n) is 5.74. The quantitative estimate of drug-likeness (QED) is 0.590. The number of anilines is 2. The molecule has 1 fully saturated rings. The van der Waals surface area contributed by atoms with Gasteiger partial charge in [-0.3, -0.25) is 0 Å². The Morgan fingerprint density at radius 3 is 2.60 bits per heavy atom. The number of aromatic nitrogens is 1. The van der Waals surface area contributed by atoms with Crippen molar-refractivity contribution in [2.45, 2.75) is 52.6 Å². The van der Waals surface area contributed by atoms with Crippen LogP contribution >= 0.6 is 0 Å². The molecule has 1 aromatic carbocycles. The van der Waals surface area contributed by atoms with Crippen LogP contribution in [-0.2, 0) is 4.79 Å². The maximum absolute atomic E-state index is 15.1. The van der Waals surface area contributed by atoms with Gasteiger partial charge in [-0.2, -0.15) is 0 Å². The summed E-state index contributed by atoms with van der Waals surface area (Å²) in [5.41, 5.74) is 1.72. The van der Waals surface area contributed by atoms with Crippen molar-refractivity contribution in [1.29, 1.82) is 0 Å². The number of hydrogen-bond donors (Lipinski definition) is 0. The molecule has 0 spiro atoms. The Morgan fingerprint density at radius 1 is 1.27 bits per heavy atom. The number of nitrogens with zero attached hydrogens (tertiary/aromatic N) is 3. The molecule has 2 atom stereocenters. The lowest BCUT2D eigenvalue weighted by Crippen LogP contribution is -2.28. The second kappa shape index (κ2) is 9.92. The van der Waals surface area contributed by atoms with E-state index in [0.717, 1.165) is 37.4 Å². The Bertz CT molecular complexity index is 852. The third kappa shape index (κ3) is 5.10. The van der Waals surface area contributed by atoms with Crippen molar-refractivity contribution in [3.63, 3.8) is 0 Å². The van der Waals surface area contributed by atoms with Crippen LogP contribution < -0.4 is 14.5 Å². The molecule has 6 heteroatoms. The van der Waals surface area contributed by atoms with Crippen LogP contribution in [0.1, 0.15) is 52.0 Å². The van der Waals surface area contributed by atoms with E-state index in [1.807, 2.05) is 47.9 Å². The molecule has 162 valence electrons. The van der Waals surface area contributed by atoms with E-state index in [1.165, 1.54) is 0 Å². The lowest BCUT2D eigenvalue weighted by Gasteiger charge is -2.24. The van der Waals surface area contributed by atoms with Gasteiger partial charge < -0.3 is 19.3 Å². The van der Waals surface area contributed by atoms with Gasteiger partial charge in [0.2, 0.25) is 0 Å². The summed E-state index contributed by atoms with van der Waals surface area (Å²) in [5.74, 6) is 1.36. The summed E-state index contributed by atoms with van der Waals surface area (Å²) in [5, 5.41) is 0. The summed E-state index contributed by atoms with van der Waals surface area (Å²) in [4.78, 5) is 19.5. The summed E-state index contributed by atoms with van der Waals surface area (Å²) in [6.07, 6.45) is 3.08. The molecule has 0 bridgehead atoms. The van der Waals surface area contributed by atoms with Gasteiger partial charge in [-0.25, -0.2) is 9.37 Å². The molecule has 0 amide bonds. The van der Waals surface area contributed by atoms with Crippen molar-refractivity contribution < 1.29 is 13.9 Å². The van der Waals surface area contributed by atoms with Gasteiger partial charge in [0, 0.05) is 38.7 Å². The minimum absolute atomic E-state index is 0.00922. The number of pyridine rings is 1. The number of carbonyl (C=O) groups excluding carboxylic acids is 1. The minimum Gasteiger partial charge on any atom is -0.489 e. The van der Waals surface area contributed by atoms with Crippen LogP contribution in [-0.4, -0.2) is 43.1 Å². The second-order valence-corrected chi connectivity index (χ2v) is 7.99. The Labute approximate surface area is 178 Å². The molecule has 0 aliphatic carbocycles. The summed E-state index contributed by atoms with van der Waals surface area (Å²) >= 11 is 0. The zero-order valence-corrected chi connectivity index (χ0v) is 18.4. The maximum atomic E-state index is 15.1. The van der Waals surface area contributed by atoms with E-state index in [1.54, 1.807) is 19.2 Å². The highest BCUT2D eigenvalue weighted by Crippen LogP contribution is 2.30. The van der Waals surface area contributed by atoms with Crippen LogP contribution in [0.25, 0.3) is 0 Å². The summed E-state index contributed by atoms with van der Waals surface area (Å²) in [6, 6.07) is 9.71. The number of rotatable bonds is 9. The number of Topliss-reactive ketones (excluding diaryl/α,β-unsaturated/α-hetero) is 1. The van der Waals surface area contributed by atoms with Gasteiger partial charge in [-0.05, 0) is 50.5 Å². The monoisotopic (exact) mass is 413 g/mol. The van der Waals surface area contributed by atoms with Gasteiger partial charge in [0.15, 0.2) is 11.6 Å². The first-order chi connectivity index (χ1) is 14.4. The van der Waals surface area contributed by atoms with Crippen molar-refractivity contribution in [2.24, 2.45) is 0 Å². The van der Waals surface area contributed by atoms with E-state index < -0.39 is 0 Å². The molecule has 0 unspecified atom stereocenters.